The second kappa shape index (κ2) is 7.88. The number of carbonyl (C=O) groups excluding carboxylic acids is 3. The minimum absolute atomic E-state index is 0.101. The van der Waals surface area contributed by atoms with Gasteiger partial charge in [-0.25, -0.2) is 14.7 Å². The summed E-state index contributed by atoms with van der Waals surface area (Å²) in [5.74, 6) is -1.30. The van der Waals surface area contributed by atoms with E-state index in [1.165, 1.54) is 11.3 Å². The van der Waals surface area contributed by atoms with Crippen molar-refractivity contribution in [3.05, 3.63) is 59.6 Å². The van der Waals surface area contributed by atoms with E-state index in [1.54, 1.807) is 43.3 Å². The van der Waals surface area contributed by atoms with Crippen LogP contribution in [0.5, 0.6) is 0 Å². The molecule has 0 radical (unpaired) electrons. The van der Waals surface area contributed by atoms with Crippen LogP contribution >= 0.6 is 11.3 Å². The highest BCUT2D eigenvalue weighted by Gasteiger charge is 2.30. The number of carbonyl (C=O) groups is 3. The first kappa shape index (κ1) is 17.8. The van der Waals surface area contributed by atoms with Crippen LogP contribution in [0.2, 0.25) is 0 Å². The number of imide groups is 1. The van der Waals surface area contributed by atoms with Crippen molar-refractivity contribution < 1.29 is 19.1 Å². The van der Waals surface area contributed by atoms with Crippen LogP contribution in [0.4, 0.5) is 10.5 Å². The minimum Gasteiger partial charge on any atom is -0.376 e. The van der Waals surface area contributed by atoms with Crippen molar-refractivity contribution in [1.82, 2.24) is 4.98 Å². The molecule has 26 heavy (non-hydrogen) atoms. The van der Waals surface area contributed by atoms with E-state index in [1.807, 2.05) is 18.2 Å². The maximum Gasteiger partial charge on any atom is 0.429 e. The highest BCUT2D eigenvalue weighted by Crippen LogP contribution is 2.25. The minimum atomic E-state index is -1.03. The Hall–Kier alpha value is -3.06. The van der Waals surface area contributed by atoms with Crippen LogP contribution in [0.25, 0.3) is 10.2 Å². The molecule has 2 amide bonds. The Morgan fingerprint density at radius 1 is 1.04 bits per heavy atom. The normalized spacial score (nSPS) is 10.5. The zero-order chi connectivity index (χ0) is 18.5. The predicted octanol–water partition coefficient (Wildman–Crippen LogP) is 4.41. The summed E-state index contributed by atoms with van der Waals surface area (Å²) in [4.78, 5) is 42.3. The molecule has 0 bridgehead atoms. The number of ether oxygens (including phenoxy) is 1. The third kappa shape index (κ3) is 3.78. The van der Waals surface area contributed by atoms with E-state index in [0.29, 0.717) is 17.6 Å². The second-order valence-electron chi connectivity index (χ2n) is 5.45. The van der Waals surface area contributed by atoms with Gasteiger partial charge in [-0.05, 0) is 30.7 Å². The maximum atomic E-state index is 13.0. The molecule has 0 atom stereocenters. The van der Waals surface area contributed by atoms with Gasteiger partial charge in [-0.15, -0.1) is 11.3 Å². The molecule has 0 aliphatic heterocycles. The fourth-order valence-electron chi connectivity index (χ4n) is 2.34. The number of hydrogen-bond acceptors (Lipinski definition) is 6. The van der Waals surface area contributed by atoms with Crippen molar-refractivity contribution in [1.29, 1.82) is 0 Å². The summed E-state index contributed by atoms with van der Waals surface area (Å²) >= 11 is 1.18. The molecule has 1 heterocycles. The molecule has 6 nitrogen and oxygen atoms in total. The number of nitrogens with zero attached hydrogens (tertiary/aromatic N) is 2. The summed E-state index contributed by atoms with van der Waals surface area (Å²) < 4.78 is 5.66. The first-order chi connectivity index (χ1) is 12.6. The molecule has 132 valence electrons. The fraction of sp³-hybridized carbons (Fsp3) is 0.158. The Labute approximate surface area is 154 Å². The van der Waals surface area contributed by atoms with Crippen molar-refractivity contribution in [3.8, 4) is 0 Å². The SMILES string of the molecule is CCCC(=O)OC(=O)N(C(=O)c1nc2ccccc2s1)c1ccccc1. The van der Waals surface area contributed by atoms with Crippen LogP contribution in [0.15, 0.2) is 54.6 Å². The number of rotatable bonds is 4. The van der Waals surface area contributed by atoms with Crippen LogP contribution in [-0.2, 0) is 9.53 Å². The standard InChI is InChI=1S/C19H16N2O4S/c1-2-8-16(22)25-19(24)21(13-9-4-3-5-10-13)18(23)17-20-14-11-6-7-12-15(14)26-17/h3-7,9-12H,2,8H2,1H3. The summed E-state index contributed by atoms with van der Waals surface area (Å²) in [6, 6.07) is 15.6. The van der Waals surface area contributed by atoms with Crippen molar-refractivity contribution in [2.24, 2.45) is 0 Å². The molecule has 0 spiro atoms. The number of benzene rings is 2. The highest BCUT2D eigenvalue weighted by atomic mass is 32.1. The number of aromatic nitrogens is 1. The van der Waals surface area contributed by atoms with Gasteiger partial charge < -0.3 is 4.74 Å². The van der Waals surface area contributed by atoms with Crippen molar-refractivity contribution in [2.75, 3.05) is 4.90 Å². The van der Waals surface area contributed by atoms with E-state index in [0.717, 1.165) is 9.60 Å². The number of fused-ring (bicyclic) bond motifs is 1. The van der Waals surface area contributed by atoms with Gasteiger partial charge in [-0.1, -0.05) is 37.3 Å². The Morgan fingerprint density at radius 2 is 1.73 bits per heavy atom. The number of esters is 1. The van der Waals surface area contributed by atoms with Gasteiger partial charge in [-0.3, -0.25) is 9.59 Å². The molecular formula is C19H16N2O4S. The quantitative estimate of drug-likeness (QED) is 0.504. The van der Waals surface area contributed by atoms with Gasteiger partial charge in [0.25, 0.3) is 5.91 Å². The molecule has 3 aromatic rings. The van der Waals surface area contributed by atoms with Gasteiger partial charge in [0.1, 0.15) is 0 Å². The summed E-state index contributed by atoms with van der Waals surface area (Å²) in [6.45, 7) is 1.80. The summed E-state index contributed by atoms with van der Waals surface area (Å²) in [7, 11) is 0. The average molecular weight is 368 g/mol. The Morgan fingerprint density at radius 3 is 2.42 bits per heavy atom. The van der Waals surface area contributed by atoms with Gasteiger partial charge in [0.2, 0.25) is 0 Å². The zero-order valence-electron chi connectivity index (χ0n) is 14.0. The lowest BCUT2D eigenvalue weighted by Gasteiger charge is -2.18. The van der Waals surface area contributed by atoms with Crippen LogP contribution in [0.1, 0.15) is 29.6 Å². The van der Waals surface area contributed by atoms with Crippen LogP contribution in [0, 0.1) is 0 Å². The van der Waals surface area contributed by atoms with E-state index >= 15 is 0 Å². The van der Waals surface area contributed by atoms with E-state index in [-0.39, 0.29) is 11.4 Å². The molecule has 0 fully saturated rings. The molecule has 0 N–H and O–H groups in total. The second-order valence-corrected chi connectivity index (χ2v) is 6.48. The van der Waals surface area contributed by atoms with E-state index in [2.05, 4.69) is 4.98 Å². The van der Waals surface area contributed by atoms with Gasteiger partial charge in [0.15, 0.2) is 5.01 Å². The monoisotopic (exact) mass is 368 g/mol. The lowest BCUT2D eigenvalue weighted by atomic mass is 10.3. The Balaban J connectivity index is 1.95. The molecule has 0 unspecified atom stereocenters. The van der Waals surface area contributed by atoms with E-state index in [4.69, 9.17) is 4.74 Å². The lowest BCUT2D eigenvalue weighted by Crippen LogP contribution is -2.38. The van der Waals surface area contributed by atoms with Crippen molar-refractivity contribution in [3.63, 3.8) is 0 Å². The third-order valence-electron chi connectivity index (χ3n) is 3.53. The van der Waals surface area contributed by atoms with Gasteiger partial charge in [-0.2, -0.15) is 0 Å². The molecule has 0 aliphatic carbocycles. The summed E-state index contributed by atoms with van der Waals surface area (Å²) in [6.07, 6.45) is -0.383. The average Bonchev–Trinajstić information content (AvgIpc) is 3.07. The molecule has 0 saturated carbocycles. The molecule has 7 heteroatoms. The smallest absolute Gasteiger partial charge is 0.376 e. The molecule has 0 aliphatic rings. The van der Waals surface area contributed by atoms with Crippen LogP contribution < -0.4 is 4.90 Å². The van der Waals surface area contributed by atoms with Gasteiger partial charge >= 0.3 is 12.1 Å². The molecule has 1 aromatic heterocycles. The maximum absolute atomic E-state index is 13.0. The predicted molar refractivity (Wildman–Crippen MR) is 99.3 cm³/mol. The third-order valence-corrected chi connectivity index (χ3v) is 4.56. The number of amides is 2. The summed E-state index contributed by atoms with van der Waals surface area (Å²) in [5, 5.41) is 0.148. The number of hydrogen-bond donors (Lipinski definition) is 0. The summed E-state index contributed by atoms with van der Waals surface area (Å²) in [5.41, 5.74) is 0.982. The van der Waals surface area contributed by atoms with Crippen molar-refractivity contribution in [2.45, 2.75) is 19.8 Å². The zero-order valence-corrected chi connectivity index (χ0v) is 14.9. The number of para-hydroxylation sites is 2. The molecule has 3 rings (SSSR count). The number of thiazole rings is 1. The lowest BCUT2D eigenvalue weighted by molar-refractivity contribution is -0.137. The van der Waals surface area contributed by atoms with Gasteiger partial charge in [0.05, 0.1) is 15.9 Å². The van der Waals surface area contributed by atoms with E-state index in [9.17, 15) is 14.4 Å². The number of anilines is 1. The highest BCUT2D eigenvalue weighted by molar-refractivity contribution is 7.20. The Kier molecular flexibility index (Phi) is 5.38. The topological polar surface area (TPSA) is 76.6 Å². The largest absolute Gasteiger partial charge is 0.429 e. The van der Waals surface area contributed by atoms with Crippen LogP contribution in [-0.4, -0.2) is 23.0 Å². The molecular weight excluding hydrogens is 352 g/mol. The van der Waals surface area contributed by atoms with E-state index < -0.39 is 18.0 Å². The molecule has 0 saturated heterocycles. The Bertz CT molecular complexity index is 919. The first-order valence-corrected chi connectivity index (χ1v) is 8.91. The van der Waals surface area contributed by atoms with Gasteiger partial charge in [0, 0.05) is 6.42 Å². The van der Waals surface area contributed by atoms with Crippen LogP contribution in [0.3, 0.4) is 0 Å². The molecule has 2 aromatic carbocycles. The van der Waals surface area contributed by atoms with Crippen molar-refractivity contribution >= 4 is 45.2 Å². The first-order valence-electron chi connectivity index (χ1n) is 8.10. The fourth-order valence-corrected chi connectivity index (χ4v) is 3.24.